The standard InChI is InChI=1S/C22H29N7O/c1-7-8-19(26(4)5)22-24-16(3)21-17(18-9-10-23-27(18)6)13-20(25-29(21)22)28-11-12-30-14-15(28)2/h7-10,13,15H,1,11-12,14H2,2-6H3/b19-8-. The maximum Gasteiger partial charge on any atom is 0.178 e. The fourth-order valence-corrected chi connectivity index (χ4v) is 4.00. The van der Waals surface area contributed by atoms with Crippen molar-refractivity contribution in [3.8, 4) is 11.3 Å². The highest BCUT2D eigenvalue weighted by Crippen LogP contribution is 2.32. The second kappa shape index (κ2) is 7.95. The number of anilines is 1. The van der Waals surface area contributed by atoms with Crippen LogP contribution in [0.4, 0.5) is 5.82 Å². The van der Waals surface area contributed by atoms with Gasteiger partial charge in [-0.05, 0) is 32.1 Å². The lowest BCUT2D eigenvalue weighted by molar-refractivity contribution is 0.0984. The Kier molecular flexibility index (Phi) is 5.34. The highest BCUT2D eigenvalue weighted by atomic mass is 16.5. The quantitative estimate of drug-likeness (QED) is 0.606. The zero-order chi connectivity index (χ0) is 21.4. The van der Waals surface area contributed by atoms with E-state index in [1.54, 1.807) is 6.08 Å². The summed E-state index contributed by atoms with van der Waals surface area (Å²) < 4.78 is 9.49. The van der Waals surface area contributed by atoms with E-state index in [1.165, 1.54) is 0 Å². The first kappa shape index (κ1) is 20.2. The van der Waals surface area contributed by atoms with Crippen molar-refractivity contribution in [1.29, 1.82) is 0 Å². The molecule has 1 aliphatic rings. The molecule has 1 aliphatic heterocycles. The smallest absolute Gasteiger partial charge is 0.178 e. The molecule has 1 saturated heterocycles. The molecule has 0 aromatic carbocycles. The summed E-state index contributed by atoms with van der Waals surface area (Å²) >= 11 is 0. The van der Waals surface area contributed by atoms with E-state index in [1.807, 2.05) is 60.5 Å². The van der Waals surface area contributed by atoms with Crippen LogP contribution in [0.15, 0.2) is 37.1 Å². The number of hydrogen-bond acceptors (Lipinski definition) is 6. The predicted octanol–water partition coefficient (Wildman–Crippen LogP) is 2.75. The molecule has 0 bridgehead atoms. The van der Waals surface area contributed by atoms with Gasteiger partial charge in [0.25, 0.3) is 0 Å². The molecule has 1 atom stereocenters. The number of rotatable bonds is 5. The van der Waals surface area contributed by atoms with Crippen LogP contribution >= 0.6 is 0 Å². The molecule has 0 radical (unpaired) electrons. The molecule has 0 spiro atoms. The molecule has 0 aliphatic carbocycles. The van der Waals surface area contributed by atoms with Crippen LogP contribution in [0.25, 0.3) is 22.5 Å². The molecule has 0 saturated carbocycles. The Hall–Kier alpha value is -3.13. The van der Waals surface area contributed by atoms with E-state index in [0.717, 1.165) is 46.4 Å². The van der Waals surface area contributed by atoms with Gasteiger partial charge in [-0.2, -0.15) is 5.10 Å². The summed E-state index contributed by atoms with van der Waals surface area (Å²) in [5, 5.41) is 9.44. The minimum absolute atomic E-state index is 0.244. The van der Waals surface area contributed by atoms with Crippen molar-refractivity contribution in [2.75, 3.05) is 38.8 Å². The molecular formula is C22H29N7O. The summed E-state index contributed by atoms with van der Waals surface area (Å²) in [5.74, 6) is 1.70. The molecule has 0 N–H and O–H groups in total. The first-order valence-corrected chi connectivity index (χ1v) is 10.2. The summed E-state index contributed by atoms with van der Waals surface area (Å²) in [6.07, 6.45) is 5.56. The number of fused-ring (bicyclic) bond motifs is 1. The zero-order valence-corrected chi connectivity index (χ0v) is 18.3. The third-order valence-electron chi connectivity index (χ3n) is 5.51. The van der Waals surface area contributed by atoms with E-state index in [2.05, 4.69) is 29.6 Å². The van der Waals surface area contributed by atoms with Gasteiger partial charge >= 0.3 is 0 Å². The number of nitrogens with zero attached hydrogens (tertiary/aromatic N) is 7. The molecule has 3 aromatic rings. The van der Waals surface area contributed by atoms with Crippen LogP contribution in [0.1, 0.15) is 18.4 Å². The topological polar surface area (TPSA) is 63.7 Å². The molecule has 8 nitrogen and oxygen atoms in total. The Balaban J connectivity index is 2.03. The van der Waals surface area contributed by atoms with Crippen LogP contribution in [-0.4, -0.2) is 69.2 Å². The van der Waals surface area contributed by atoms with Crippen molar-refractivity contribution < 1.29 is 4.74 Å². The fraction of sp³-hybridized carbons (Fsp3) is 0.409. The minimum Gasteiger partial charge on any atom is -0.377 e. The summed E-state index contributed by atoms with van der Waals surface area (Å²) in [7, 11) is 5.96. The number of aryl methyl sites for hydroxylation is 2. The second-order valence-corrected chi connectivity index (χ2v) is 7.84. The normalized spacial score (nSPS) is 17.6. The molecule has 3 aromatic heterocycles. The van der Waals surface area contributed by atoms with Crippen LogP contribution in [0, 0.1) is 6.92 Å². The van der Waals surface area contributed by atoms with Gasteiger partial charge in [-0.25, -0.2) is 9.50 Å². The monoisotopic (exact) mass is 407 g/mol. The Morgan fingerprint density at radius 3 is 2.80 bits per heavy atom. The van der Waals surface area contributed by atoms with Crippen molar-refractivity contribution in [3.63, 3.8) is 0 Å². The minimum atomic E-state index is 0.244. The highest BCUT2D eigenvalue weighted by Gasteiger charge is 2.25. The Labute approximate surface area is 177 Å². The van der Waals surface area contributed by atoms with Gasteiger partial charge in [-0.15, -0.1) is 5.10 Å². The van der Waals surface area contributed by atoms with Gasteiger partial charge in [0.15, 0.2) is 11.6 Å². The Morgan fingerprint density at radius 2 is 2.17 bits per heavy atom. The summed E-state index contributed by atoms with van der Waals surface area (Å²) in [6, 6.07) is 4.42. The van der Waals surface area contributed by atoms with Crippen LogP contribution in [0.5, 0.6) is 0 Å². The molecule has 1 fully saturated rings. The van der Waals surface area contributed by atoms with Crippen LogP contribution < -0.4 is 4.90 Å². The number of imidazole rings is 1. The van der Waals surface area contributed by atoms with Gasteiger partial charge in [0.1, 0.15) is 0 Å². The molecule has 30 heavy (non-hydrogen) atoms. The third-order valence-corrected chi connectivity index (χ3v) is 5.51. The predicted molar refractivity (Wildman–Crippen MR) is 119 cm³/mol. The highest BCUT2D eigenvalue weighted by molar-refractivity contribution is 5.83. The van der Waals surface area contributed by atoms with E-state index in [4.69, 9.17) is 14.8 Å². The number of hydrogen-bond donors (Lipinski definition) is 0. The number of aromatic nitrogens is 5. The lowest BCUT2D eigenvalue weighted by Gasteiger charge is -2.34. The average Bonchev–Trinajstić information content (AvgIpc) is 3.29. The van der Waals surface area contributed by atoms with E-state index in [0.29, 0.717) is 13.2 Å². The molecule has 4 heterocycles. The summed E-state index contributed by atoms with van der Waals surface area (Å²) in [5.41, 5.74) is 4.94. The van der Waals surface area contributed by atoms with Crippen molar-refractivity contribution in [2.45, 2.75) is 19.9 Å². The number of allylic oxidation sites excluding steroid dienone is 2. The molecule has 0 amide bonds. The van der Waals surface area contributed by atoms with Gasteiger partial charge in [-0.1, -0.05) is 12.7 Å². The van der Waals surface area contributed by atoms with Crippen molar-refractivity contribution in [2.24, 2.45) is 7.05 Å². The lowest BCUT2D eigenvalue weighted by Crippen LogP contribution is -2.44. The maximum atomic E-state index is 5.64. The fourth-order valence-electron chi connectivity index (χ4n) is 4.00. The second-order valence-electron chi connectivity index (χ2n) is 7.84. The van der Waals surface area contributed by atoms with Gasteiger partial charge in [0.05, 0.1) is 41.9 Å². The van der Waals surface area contributed by atoms with Crippen molar-refractivity contribution >= 4 is 17.0 Å². The number of ether oxygens (including phenoxy) is 1. The molecule has 8 heteroatoms. The van der Waals surface area contributed by atoms with E-state index < -0.39 is 0 Å². The Bertz CT molecular complexity index is 1110. The largest absolute Gasteiger partial charge is 0.377 e. The van der Waals surface area contributed by atoms with Crippen molar-refractivity contribution in [1.82, 2.24) is 29.3 Å². The van der Waals surface area contributed by atoms with E-state index in [9.17, 15) is 0 Å². The van der Waals surface area contributed by atoms with E-state index in [-0.39, 0.29) is 6.04 Å². The molecular weight excluding hydrogens is 378 g/mol. The van der Waals surface area contributed by atoms with Gasteiger partial charge in [0, 0.05) is 39.4 Å². The first-order valence-electron chi connectivity index (χ1n) is 10.2. The van der Waals surface area contributed by atoms with Crippen LogP contribution in [0.3, 0.4) is 0 Å². The van der Waals surface area contributed by atoms with Crippen molar-refractivity contribution in [3.05, 3.63) is 48.6 Å². The lowest BCUT2D eigenvalue weighted by atomic mass is 10.1. The number of morpholine rings is 1. The molecule has 1 unspecified atom stereocenters. The van der Waals surface area contributed by atoms with Crippen LogP contribution in [-0.2, 0) is 11.8 Å². The molecule has 158 valence electrons. The summed E-state index contributed by atoms with van der Waals surface area (Å²) in [4.78, 5) is 9.24. The van der Waals surface area contributed by atoms with Gasteiger partial charge in [0.2, 0.25) is 0 Å². The Morgan fingerprint density at radius 1 is 1.37 bits per heavy atom. The maximum absolute atomic E-state index is 5.64. The van der Waals surface area contributed by atoms with Gasteiger partial charge in [-0.3, -0.25) is 4.68 Å². The zero-order valence-electron chi connectivity index (χ0n) is 18.3. The van der Waals surface area contributed by atoms with Crippen LogP contribution in [0.2, 0.25) is 0 Å². The SMILES string of the molecule is C=C/C=C(/c1nc(C)c2c(-c3ccnn3C)cc(N3CCOCC3C)nn12)N(C)C. The van der Waals surface area contributed by atoms with Gasteiger partial charge < -0.3 is 14.5 Å². The molecule has 4 rings (SSSR count). The van der Waals surface area contributed by atoms with E-state index >= 15 is 0 Å². The summed E-state index contributed by atoms with van der Waals surface area (Å²) in [6.45, 7) is 10.2. The average molecular weight is 408 g/mol. The first-order chi connectivity index (χ1) is 14.4. The third kappa shape index (κ3) is 3.37.